The fourth-order valence-corrected chi connectivity index (χ4v) is 7.78. The molecule has 0 aliphatic carbocycles. The third-order valence-corrected chi connectivity index (χ3v) is 10.7. The minimum absolute atomic E-state index is 0.120. The summed E-state index contributed by atoms with van der Waals surface area (Å²) < 4.78 is 34.2. The zero-order valence-electron chi connectivity index (χ0n) is 22.9. The number of carbonyl (C=O) groups is 1. The van der Waals surface area contributed by atoms with Gasteiger partial charge in [-0.1, -0.05) is 47.5 Å². The first-order valence-corrected chi connectivity index (χ1v) is 15.9. The van der Waals surface area contributed by atoms with E-state index in [1.807, 2.05) is 45.0 Å². The van der Waals surface area contributed by atoms with E-state index in [4.69, 9.17) is 44.5 Å². The molecule has 2 atom stereocenters. The first-order valence-electron chi connectivity index (χ1n) is 13.3. The Morgan fingerprint density at radius 3 is 2.02 bits per heavy atom. The Morgan fingerprint density at radius 2 is 1.49 bits per heavy atom. The van der Waals surface area contributed by atoms with Gasteiger partial charge in [-0.2, -0.15) is 4.31 Å². The van der Waals surface area contributed by atoms with E-state index in [0.29, 0.717) is 28.7 Å². The second kappa shape index (κ2) is 11.2. The number of sulfonamides is 1. The van der Waals surface area contributed by atoms with Crippen molar-refractivity contribution in [3.05, 3.63) is 93.5 Å². The van der Waals surface area contributed by atoms with Gasteiger partial charge in [0.25, 0.3) is 0 Å². The number of amidine groups is 1. The van der Waals surface area contributed by atoms with E-state index >= 15 is 0 Å². The molecule has 2 aliphatic rings. The standard InChI is InChI=1S/C30H30Cl3N3O4S/c1-4-40-26-19-24(41(38,39)35-17-5-6-18-35)15-16-25(26)27-34-29(2,20-7-11-22(31)12-8-20)30(3,36(27)28(33)37)21-9-13-23(32)14-10-21/h7-16,19H,4-6,17-18H2,1-3H3/t29-,30-/m0/s1. The second-order valence-corrected chi connectivity index (χ2v) is 13.5. The van der Waals surface area contributed by atoms with Crippen LogP contribution in [0.1, 0.15) is 50.3 Å². The third-order valence-electron chi connectivity index (χ3n) is 8.12. The molecule has 0 aromatic heterocycles. The maximum atomic E-state index is 13.4. The van der Waals surface area contributed by atoms with Crippen molar-refractivity contribution in [3.8, 4) is 5.75 Å². The SMILES string of the molecule is CCOc1cc(S(=O)(=O)N2CCCC2)ccc1C1=N[C@@](C)(c2ccc(Cl)cc2)[C@](C)(c2ccc(Cl)cc2)N1C(=O)Cl. The molecule has 41 heavy (non-hydrogen) atoms. The predicted octanol–water partition coefficient (Wildman–Crippen LogP) is 7.43. The molecule has 11 heteroatoms. The minimum Gasteiger partial charge on any atom is -0.493 e. The van der Waals surface area contributed by atoms with Crippen molar-refractivity contribution in [2.75, 3.05) is 19.7 Å². The van der Waals surface area contributed by atoms with E-state index in [1.165, 1.54) is 21.3 Å². The number of hydrogen-bond donors (Lipinski definition) is 0. The lowest BCUT2D eigenvalue weighted by Crippen LogP contribution is -2.53. The van der Waals surface area contributed by atoms with Gasteiger partial charge < -0.3 is 4.74 Å². The normalized spacial score (nSPS) is 23.1. The molecule has 216 valence electrons. The molecular formula is C30H30Cl3N3O4S. The van der Waals surface area contributed by atoms with Gasteiger partial charge in [0.05, 0.1) is 17.1 Å². The fraction of sp³-hybridized carbons (Fsp3) is 0.333. The molecular weight excluding hydrogens is 605 g/mol. The van der Waals surface area contributed by atoms with Crippen molar-refractivity contribution < 1.29 is 17.9 Å². The van der Waals surface area contributed by atoms with E-state index in [1.54, 1.807) is 30.3 Å². The number of halogens is 3. The minimum atomic E-state index is -3.71. The molecule has 1 saturated heterocycles. The van der Waals surface area contributed by atoms with Gasteiger partial charge in [0, 0.05) is 29.2 Å². The van der Waals surface area contributed by atoms with E-state index in [0.717, 1.165) is 24.0 Å². The number of rotatable bonds is 7. The molecule has 0 bridgehead atoms. The van der Waals surface area contributed by atoms with Crippen molar-refractivity contribution in [3.63, 3.8) is 0 Å². The Hall–Kier alpha value is -2.62. The smallest absolute Gasteiger partial charge is 0.322 e. The highest BCUT2D eigenvalue weighted by Crippen LogP contribution is 2.54. The van der Waals surface area contributed by atoms with Crippen LogP contribution >= 0.6 is 34.8 Å². The van der Waals surface area contributed by atoms with Crippen LogP contribution in [0.2, 0.25) is 10.0 Å². The van der Waals surface area contributed by atoms with E-state index in [-0.39, 0.29) is 23.1 Å². The number of carbonyl (C=O) groups excluding carboxylic acids is 1. The van der Waals surface area contributed by atoms with Gasteiger partial charge in [0.2, 0.25) is 10.0 Å². The van der Waals surface area contributed by atoms with Crippen molar-refractivity contribution in [2.45, 2.75) is 49.6 Å². The lowest BCUT2D eigenvalue weighted by atomic mass is 9.71. The van der Waals surface area contributed by atoms with Crippen LogP contribution in [-0.2, 0) is 21.1 Å². The van der Waals surface area contributed by atoms with E-state index in [2.05, 4.69) is 0 Å². The molecule has 0 N–H and O–H groups in total. The highest BCUT2D eigenvalue weighted by molar-refractivity contribution is 7.89. The zero-order chi connectivity index (χ0) is 29.6. The maximum absolute atomic E-state index is 13.4. The molecule has 0 spiro atoms. The van der Waals surface area contributed by atoms with Gasteiger partial charge in [-0.15, -0.1) is 0 Å². The van der Waals surface area contributed by atoms with Crippen LogP contribution in [0.4, 0.5) is 4.79 Å². The largest absolute Gasteiger partial charge is 0.493 e. The summed E-state index contributed by atoms with van der Waals surface area (Å²) in [6.07, 6.45) is 1.65. The molecule has 0 saturated carbocycles. The Morgan fingerprint density at radius 1 is 0.927 bits per heavy atom. The Labute approximate surface area is 255 Å². The van der Waals surface area contributed by atoms with Gasteiger partial charge in [-0.05, 0) is 92.7 Å². The third kappa shape index (κ3) is 5.04. The maximum Gasteiger partial charge on any atom is 0.322 e. The molecule has 1 fully saturated rings. The van der Waals surface area contributed by atoms with Crippen LogP contribution in [0.25, 0.3) is 0 Å². The summed E-state index contributed by atoms with van der Waals surface area (Å²) in [6.45, 7) is 6.86. The van der Waals surface area contributed by atoms with Crippen molar-refractivity contribution in [1.82, 2.24) is 9.21 Å². The number of benzene rings is 3. The van der Waals surface area contributed by atoms with Crippen LogP contribution in [0.5, 0.6) is 5.75 Å². The summed E-state index contributed by atoms with van der Waals surface area (Å²) in [4.78, 5) is 20.1. The molecule has 0 unspecified atom stereocenters. The van der Waals surface area contributed by atoms with Crippen LogP contribution < -0.4 is 4.74 Å². The average Bonchev–Trinajstić information content (AvgIpc) is 3.57. The molecule has 3 aromatic carbocycles. The van der Waals surface area contributed by atoms with E-state index < -0.39 is 26.5 Å². The van der Waals surface area contributed by atoms with Crippen molar-refractivity contribution >= 4 is 56.0 Å². The van der Waals surface area contributed by atoms with Crippen molar-refractivity contribution in [1.29, 1.82) is 0 Å². The molecule has 5 rings (SSSR count). The van der Waals surface area contributed by atoms with Gasteiger partial charge >= 0.3 is 5.37 Å². The fourth-order valence-electron chi connectivity index (χ4n) is 5.74. The molecule has 1 amide bonds. The van der Waals surface area contributed by atoms with Gasteiger partial charge in [-0.3, -0.25) is 14.7 Å². The number of amides is 1. The zero-order valence-corrected chi connectivity index (χ0v) is 26.0. The summed E-state index contributed by atoms with van der Waals surface area (Å²) in [7, 11) is -3.71. The average molecular weight is 635 g/mol. The quantitative estimate of drug-likeness (QED) is 0.200. The van der Waals surface area contributed by atoms with Gasteiger partial charge in [0.1, 0.15) is 22.7 Å². The van der Waals surface area contributed by atoms with Crippen LogP contribution in [0.3, 0.4) is 0 Å². The number of hydrogen-bond acceptors (Lipinski definition) is 5. The number of ether oxygens (including phenoxy) is 1. The first kappa shape index (κ1) is 29.9. The Balaban J connectivity index is 1.74. The summed E-state index contributed by atoms with van der Waals surface area (Å²) in [5, 5.41) is 0.350. The topological polar surface area (TPSA) is 79.3 Å². The number of aliphatic imine (C=N–C) groups is 1. The van der Waals surface area contributed by atoms with Crippen molar-refractivity contribution in [2.24, 2.45) is 4.99 Å². The molecule has 2 aliphatic heterocycles. The highest BCUT2D eigenvalue weighted by Gasteiger charge is 2.59. The Kier molecular flexibility index (Phi) is 8.18. The molecule has 2 heterocycles. The van der Waals surface area contributed by atoms with E-state index in [9.17, 15) is 13.2 Å². The molecule has 3 aromatic rings. The van der Waals surface area contributed by atoms with Crippen LogP contribution in [0, 0.1) is 0 Å². The second-order valence-electron chi connectivity index (χ2n) is 10.4. The Bertz CT molecular complexity index is 1610. The summed E-state index contributed by atoms with van der Waals surface area (Å²) in [6, 6.07) is 19.1. The lowest BCUT2D eigenvalue weighted by Gasteiger charge is -2.44. The summed E-state index contributed by atoms with van der Waals surface area (Å²) in [5.41, 5.74) is -0.181. The molecule has 0 radical (unpaired) electrons. The van der Waals surface area contributed by atoms with Gasteiger partial charge in [-0.25, -0.2) is 8.42 Å². The highest BCUT2D eigenvalue weighted by atomic mass is 35.5. The lowest BCUT2D eigenvalue weighted by molar-refractivity contribution is 0.149. The van der Waals surface area contributed by atoms with Crippen LogP contribution in [-0.4, -0.2) is 48.5 Å². The number of nitrogens with zero attached hydrogens (tertiary/aromatic N) is 3. The first-order chi connectivity index (χ1) is 19.4. The van der Waals surface area contributed by atoms with Gasteiger partial charge in [0.15, 0.2) is 0 Å². The summed E-state index contributed by atoms with van der Waals surface area (Å²) in [5.74, 6) is 0.543. The van der Waals surface area contributed by atoms with Crippen LogP contribution in [0.15, 0.2) is 76.6 Å². The summed E-state index contributed by atoms with van der Waals surface area (Å²) >= 11 is 18.8. The molecule has 7 nitrogen and oxygen atoms in total. The monoisotopic (exact) mass is 633 g/mol. The predicted molar refractivity (Wildman–Crippen MR) is 163 cm³/mol.